The maximum Gasteiger partial charge on any atom is 0.320 e. The van der Waals surface area contributed by atoms with Gasteiger partial charge in [-0.15, -0.1) is 0 Å². The summed E-state index contributed by atoms with van der Waals surface area (Å²) in [5.41, 5.74) is 0.916. The van der Waals surface area contributed by atoms with Crippen molar-refractivity contribution in [2.45, 2.75) is 19.5 Å². The van der Waals surface area contributed by atoms with Gasteiger partial charge >= 0.3 is 5.97 Å². The van der Waals surface area contributed by atoms with E-state index < -0.39 is 12.0 Å². The van der Waals surface area contributed by atoms with Gasteiger partial charge in [-0.05, 0) is 24.6 Å². The number of carboxylic acids is 1. The summed E-state index contributed by atoms with van der Waals surface area (Å²) in [7, 11) is 1.55. The van der Waals surface area contributed by atoms with Gasteiger partial charge in [-0.2, -0.15) is 0 Å². The predicted molar refractivity (Wildman–Crippen MR) is 61.9 cm³/mol. The van der Waals surface area contributed by atoms with Crippen LogP contribution in [0.2, 0.25) is 5.02 Å². The lowest BCUT2D eigenvalue weighted by molar-refractivity contribution is -0.139. The van der Waals surface area contributed by atoms with Crippen molar-refractivity contribution in [3.63, 3.8) is 0 Å². The molecule has 0 aliphatic heterocycles. The van der Waals surface area contributed by atoms with Crippen LogP contribution >= 0.6 is 11.6 Å². The second-order valence-electron chi connectivity index (χ2n) is 3.41. The minimum Gasteiger partial charge on any atom is -0.495 e. The first kappa shape index (κ1) is 12.8. The van der Waals surface area contributed by atoms with Crippen molar-refractivity contribution in [3.05, 3.63) is 28.8 Å². The lowest BCUT2D eigenvalue weighted by Gasteiger charge is -2.10. The van der Waals surface area contributed by atoms with E-state index in [1.54, 1.807) is 26.2 Å². The zero-order valence-electron chi connectivity index (χ0n) is 9.16. The third-order valence-corrected chi connectivity index (χ3v) is 2.49. The largest absolute Gasteiger partial charge is 0.495 e. The second kappa shape index (κ2) is 5.72. The highest BCUT2D eigenvalue weighted by molar-refractivity contribution is 6.32. The van der Waals surface area contributed by atoms with Crippen molar-refractivity contribution in [2.24, 2.45) is 0 Å². The van der Waals surface area contributed by atoms with E-state index in [0.29, 0.717) is 17.3 Å². The number of rotatable bonds is 5. The van der Waals surface area contributed by atoms with Crippen LogP contribution in [0.3, 0.4) is 0 Å². The van der Waals surface area contributed by atoms with Crippen molar-refractivity contribution in [1.29, 1.82) is 0 Å². The zero-order valence-corrected chi connectivity index (χ0v) is 9.91. The maximum atomic E-state index is 10.6. The lowest BCUT2D eigenvalue weighted by Crippen LogP contribution is -2.33. The molecule has 0 amide bonds. The predicted octanol–water partition coefficient (Wildman–Crippen LogP) is 1.91. The number of halogens is 1. The minimum absolute atomic E-state index is 0.456. The molecule has 0 aromatic heterocycles. The lowest BCUT2D eigenvalue weighted by atomic mass is 10.2. The summed E-state index contributed by atoms with van der Waals surface area (Å²) in [5.74, 6) is -0.267. The molecule has 16 heavy (non-hydrogen) atoms. The zero-order chi connectivity index (χ0) is 12.1. The normalized spacial score (nSPS) is 12.2. The van der Waals surface area contributed by atoms with Gasteiger partial charge in [0.15, 0.2) is 0 Å². The molecule has 1 unspecified atom stereocenters. The molecular weight excluding hydrogens is 230 g/mol. The minimum atomic E-state index is -0.875. The summed E-state index contributed by atoms with van der Waals surface area (Å²) in [6.07, 6.45) is 0. The van der Waals surface area contributed by atoms with Gasteiger partial charge in [0.05, 0.1) is 12.1 Å². The van der Waals surface area contributed by atoms with Crippen LogP contribution in [-0.4, -0.2) is 24.2 Å². The molecule has 1 aromatic carbocycles. The Balaban J connectivity index is 2.62. The van der Waals surface area contributed by atoms with E-state index in [0.717, 1.165) is 5.56 Å². The fraction of sp³-hybridized carbons (Fsp3) is 0.364. The highest BCUT2D eigenvalue weighted by atomic mass is 35.5. The molecule has 88 valence electrons. The van der Waals surface area contributed by atoms with E-state index >= 15 is 0 Å². The smallest absolute Gasteiger partial charge is 0.320 e. The Hall–Kier alpha value is -1.26. The van der Waals surface area contributed by atoms with Crippen LogP contribution in [0.1, 0.15) is 12.5 Å². The molecule has 1 rings (SSSR count). The number of hydrogen-bond acceptors (Lipinski definition) is 3. The number of ether oxygens (including phenoxy) is 1. The first-order valence-electron chi connectivity index (χ1n) is 4.83. The Bertz CT molecular complexity index is 381. The van der Waals surface area contributed by atoms with Crippen LogP contribution in [0, 0.1) is 0 Å². The molecule has 0 saturated heterocycles. The topological polar surface area (TPSA) is 58.6 Å². The maximum absolute atomic E-state index is 10.6. The van der Waals surface area contributed by atoms with Crippen LogP contribution in [0.4, 0.5) is 0 Å². The van der Waals surface area contributed by atoms with Crippen molar-refractivity contribution < 1.29 is 14.6 Å². The summed E-state index contributed by atoms with van der Waals surface area (Å²) < 4.78 is 5.02. The van der Waals surface area contributed by atoms with E-state index in [9.17, 15) is 4.79 Å². The van der Waals surface area contributed by atoms with E-state index in [1.807, 2.05) is 6.07 Å². The number of methoxy groups -OCH3 is 1. The Kier molecular flexibility index (Phi) is 4.58. The van der Waals surface area contributed by atoms with Gasteiger partial charge in [-0.1, -0.05) is 17.7 Å². The molecule has 0 heterocycles. The number of carboxylic acid groups (broad SMARTS) is 1. The Labute approximate surface area is 99.2 Å². The summed E-state index contributed by atoms with van der Waals surface area (Å²) in [6.45, 7) is 2.05. The summed E-state index contributed by atoms with van der Waals surface area (Å²) >= 11 is 5.94. The van der Waals surface area contributed by atoms with Gasteiger partial charge < -0.3 is 15.2 Å². The molecule has 0 bridgehead atoms. The number of benzene rings is 1. The second-order valence-corrected chi connectivity index (χ2v) is 3.82. The molecule has 0 saturated carbocycles. The SMILES string of the molecule is COc1ccc(CNC(C)C(=O)O)cc1Cl. The molecular formula is C11H14ClNO3. The molecule has 0 spiro atoms. The van der Waals surface area contributed by atoms with E-state index in [1.165, 1.54) is 0 Å². The van der Waals surface area contributed by atoms with Crippen LogP contribution < -0.4 is 10.1 Å². The molecule has 1 aromatic rings. The van der Waals surface area contributed by atoms with Gasteiger partial charge in [0, 0.05) is 6.54 Å². The first-order chi connectivity index (χ1) is 7.54. The highest BCUT2D eigenvalue weighted by Gasteiger charge is 2.09. The van der Waals surface area contributed by atoms with Crippen molar-refractivity contribution in [3.8, 4) is 5.75 Å². The molecule has 5 heteroatoms. The van der Waals surface area contributed by atoms with E-state index in [-0.39, 0.29) is 0 Å². The molecule has 0 radical (unpaired) electrons. The number of nitrogens with one attached hydrogen (secondary N) is 1. The molecule has 0 fully saturated rings. The monoisotopic (exact) mass is 243 g/mol. The fourth-order valence-electron chi connectivity index (χ4n) is 1.18. The van der Waals surface area contributed by atoms with Crippen molar-refractivity contribution in [1.82, 2.24) is 5.32 Å². The Morgan fingerprint density at radius 3 is 2.81 bits per heavy atom. The standard InChI is InChI=1S/C11H14ClNO3/c1-7(11(14)15)13-6-8-3-4-10(16-2)9(12)5-8/h3-5,7,13H,6H2,1-2H3,(H,14,15). The van der Waals surface area contributed by atoms with Gasteiger partial charge in [0.25, 0.3) is 0 Å². The number of carbonyl (C=O) groups is 1. The van der Waals surface area contributed by atoms with Crippen LogP contribution in [-0.2, 0) is 11.3 Å². The Morgan fingerprint density at radius 2 is 2.31 bits per heavy atom. The third kappa shape index (κ3) is 3.40. The Morgan fingerprint density at radius 1 is 1.62 bits per heavy atom. The molecule has 0 aliphatic rings. The summed E-state index contributed by atoms with van der Waals surface area (Å²) in [6, 6.07) is 4.76. The van der Waals surface area contributed by atoms with Crippen molar-refractivity contribution >= 4 is 17.6 Å². The van der Waals surface area contributed by atoms with Crippen molar-refractivity contribution in [2.75, 3.05) is 7.11 Å². The van der Waals surface area contributed by atoms with Gasteiger partial charge in [0.2, 0.25) is 0 Å². The summed E-state index contributed by atoms with van der Waals surface area (Å²) in [5, 5.41) is 12.1. The number of hydrogen-bond donors (Lipinski definition) is 2. The quantitative estimate of drug-likeness (QED) is 0.830. The average molecular weight is 244 g/mol. The van der Waals surface area contributed by atoms with E-state index in [4.69, 9.17) is 21.4 Å². The fourth-order valence-corrected chi connectivity index (χ4v) is 1.46. The number of aliphatic carboxylic acids is 1. The molecule has 0 aliphatic carbocycles. The van der Waals surface area contributed by atoms with E-state index in [2.05, 4.69) is 5.32 Å². The third-order valence-electron chi connectivity index (χ3n) is 2.20. The summed E-state index contributed by atoms with van der Waals surface area (Å²) in [4.78, 5) is 10.6. The van der Waals surface area contributed by atoms with Gasteiger partial charge in [-0.3, -0.25) is 4.79 Å². The molecule has 2 N–H and O–H groups in total. The van der Waals surface area contributed by atoms with Crippen LogP contribution in [0.25, 0.3) is 0 Å². The molecule has 4 nitrogen and oxygen atoms in total. The molecule has 1 atom stereocenters. The van der Waals surface area contributed by atoms with Gasteiger partial charge in [0.1, 0.15) is 11.8 Å². The van der Waals surface area contributed by atoms with Gasteiger partial charge in [-0.25, -0.2) is 0 Å². The van der Waals surface area contributed by atoms with Crippen LogP contribution in [0.15, 0.2) is 18.2 Å². The van der Waals surface area contributed by atoms with Crippen LogP contribution in [0.5, 0.6) is 5.75 Å². The highest BCUT2D eigenvalue weighted by Crippen LogP contribution is 2.24. The average Bonchev–Trinajstić information content (AvgIpc) is 2.25. The first-order valence-corrected chi connectivity index (χ1v) is 5.21.